The molecule has 0 aliphatic heterocycles. The van der Waals surface area contributed by atoms with E-state index in [0.29, 0.717) is 10.9 Å². The van der Waals surface area contributed by atoms with Crippen LogP contribution in [0.3, 0.4) is 0 Å². The summed E-state index contributed by atoms with van der Waals surface area (Å²) in [6.45, 7) is 5.52. The third-order valence-electron chi connectivity index (χ3n) is 4.93. The number of benzene rings is 2. The van der Waals surface area contributed by atoms with Crippen molar-refractivity contribution in [1.82, 2.24) is 9.97 Å². The number of halogens is 1. The van der Waals surface area contributed by atoms with E-state index in [-0.39, 0.29) is 6.04 Å². The van der Waals surface area contributed by atoms with E-state index in [1.807, 2.05) is 43.3 Å². The summed E-state index contributed by atoms with van der Waals surface area (Å²) in [5, 5.41) is 15.0. The van der Waals surface area contributed by atoms with E-state index >= 15 is 0 Å². The molecular formula is C23H22ClN3O2. The number of anilines is 1. The molecule has 1 unspecified atom stereocenters. The number of nitrogens with one attached hydrogen (secondary N) is 1. The van der Waals surface area contributed by atoms with Gasteiger partial charge in [0.2, 0.25) is 5.89 Å². The van der Waals surface area contributed by atoms with E-state index in [0.717, 1.165) is 33.3 Å². The summed E-state index contributed by atoms with van der Waals surface area (Å²) in [5.41, 5.74) is 3.72. The van der Waals surface area contributed by atoms with Crippen molar-refractivity contribution in [2.45, 2.75) is 32.4 Å². The monoisotopic (exact) mass is 407 g/mol. The molecule has 0 saturated heterocycles. The van der Waals surface area contributed by atoms with Crippen LogP contribution < -0.4 is 5.32 Å². The minimum Gasteiger partial charge on any atom is -0.447 e. The van der Waals surface area contributed by atoms with Crippen molar-refractivity contribution < 1.29 is 9.52 Å². The molecule has 0 amide bonds. The molecule has 2 heterocycles. The Labute approximate surface area is 174 Å². The summed E-state index contributed by atoms with van der Waals surface area (Å²) in [7, 11) is 0. The third-order valence-corrected chi connectivity index (χ3v) is 5.22. The molecule has 0 bridgehead atoms. The number of hydrogen-bond acceptors (Lipinski definition) is 5. The first-order valence-electron chi connectivity index (χ1n) is 9.40. The Morgan fingerprint density at radius 2 is 1.79 bits per heavy atom. The Morgan fingerprint density at radius 3 is 2.45 bits per heavy atom. The summed E-state index contributed by atoms with van der Waals surface area (Å²) >= 11 is 6.47. The minimum absolute atomic E-state index is 0.150. The first-order valence-corrected chi connectivity index (χ1v) is 9.78. The standard InChI is InChI=1S/C23H22ClN3O2/c1-14(22-25-10-11-29-22)27-21-18-12-16(6-9-20(18)26-13-19(21)24)15-4-7-17(8-5-15)23(2,3)28/h4-14,28H,1-3H3,(H,26,27). The first kappa shape index (κ1) is 19.4. The van der Waals surface area contributed by atoms with E-state index in [1.165, 1.54) is 0 Å². The van der Waals surface area contributed by atoms with Crippen molar-refractivity contribution in [3.8, 4) is 11.1 Å². The van der Waals surface area contributed by atoms with Gasteiger partial charge in [-0.15, -0.1) is 0 Å². The van der Waals surface area contributed by atoms with Crippen LogP contribution >= 0.6 is 11.6 Å². The molecule has 1 atom stereocenters. The molecule has 0 aliphatic carbocycles. The van der Waals surface area contributed by atoms with Crippen LogP contribution in [0, 0.1) is 0 Å². The molecule has 0 spiro atoms. The number of rotatable bonds is 5. The molecule has 2 aromatic carbocycles. The highest BCUT2D eigenvalue weighted by atomic mass is 35.5. The molecule has 2 N–H and O–H groups in total. The van der Waals surface area contributed by atoms with Crippen LogP contribution in [-0.4, -0.2) is 15.1 Å². The van der Waals surface area contributed by atoms with Gasteiger partial charge in [-0.3, -0.25) is 4.98 Å². The lowest BCUT2D eigenvalue weighted by Crippen LogP contribution is -2.14. The fourth-order valence-corrected chi connectivity index (χ4v) is 3.50. The zero-order valence-corrected chi connectivity index (χ0v) is 17.2. The van der Waals surface area contributed by atoms with Crippen molar-refractivity contribution in [3.05, 3.63) is 77.6 Å². The van der Waals surface area contributed by atoms with Crippen LogP contribution in [-0.2, 0) is 5.60 Å². The second kappa shape index (κ2) is 7.50. The van der Waals surface area contributed by atoms with Gasteiger partial charge < -0.3 is 14.8 Å². The van der Waals surface area contributed by atoms with Gasteiger partial charge in [-0.2, -0.15) is 0 Å². The Kier molecular flexibility index (Phi) is 5.03. The van der Waals surface area contributed by atoms with Crippen molar-refractivity contribution in [1.29, 1.82) is 0 Å². The van der Waals surface area contributed by atoms with Gasteiger partial charge in [0.05, 0.1) is 28.0 Å². The summed E-state index contributed by atoms with van der Waals surface area (Å²) in [6.07, 6.45) is 4.82. The number of nitrogens with zero attached hydrogens (tertiary/aromatic N) is 2. The molecule has 0 radical (unpaired) electrons. The van der Waals surface area contributed by atoms with Gasteiger partial charge in [-0.05, 0) is 49.6 Å². The number of aromatic nitrogens is 2. The maximum Gasteiger partial charge on any atom is 0.216 e. The van der Waals surface area contributed by atoms with Gasteiger partial charge in [0.1, 0.15) is 12.3 Å². The Hall–Kier alpha value is -2.89. The van der Waals surface area contributed by atoms with Gasteiger partial charge in [-0.1, -0.05) is 41.9 Å². The quantitative estimate of drug-likeness (QED) is 0.428. The fraction of sp³-hybridized carbons (Fsp3) is 0.217. The molecular weight excluding hydrogens is 386 g/mol. The summed E-state index contributed by atoms with van der Waals surface area (Å²) in [6, 6.07) is 13.8. The zero-order valence-electron chi connectivity index (χ0n) is 16.5. The maximum atomic E-state index is 10.2. The molecule has 0 saturated carbocycles. The zero-order chi connectivity index (χ0) is 20.6. The fourth-order valence-electron chi connectivity index (χ4n) is 3.29. The lowest BCUT2D eigenvalue weighted by molar-refractivity contribution is 0.0786. The highest BCUT2D eigenvalue weighted by Crippen LogP contribution is 2.35. The van der Waals surface area contributed by atoms with E-state index in [2.05, 4.69) is 21.4 Å². The molecule has 0 aliphatic rings. The van der Waals surface area contributed by atoms with Crippen molar-refractivity contribution in [3.63, 3.8) is 0 Å². The third kappa shape index (κ3) is 3.97. The summed E-state index contributed by atoms with van der Waals surface area (Å²) < 4.78 is 5.40. The normalized spacial score (nSPS) is 12.9. The predicted molar refractivity (Wildman–Crippen MR) is 116 cm³/mol. The van der Waals surface area contributed by atoms with E-state index in [9.17, 15) is 5.11 Å². The van der Waals surface area contributed by atoms with Crippen molar-refractivity contribution in [2.75, 3.05) is 5.32 Å². The van der Waals surface area contributed by atoms with E-state index in [4.69, 9.17) is 16.0 Å². The number of oxazole rings is 1. The second-order valence-electron chi connectivity index (χ2n) is 7.59. The molecule has 5 nitrogen and oxygen atoms in total. The molecule has 4 aromatic rings. The average Bonchev–Trinajstić information content (AvgIpc) is 3.24. The average molecular weight is 408 g/mol. The van der Waals surface area contributed by atoms with Gasteiger partial charge in [0, 0.05) is 11.6 Å². The van der Waals surface area contributed by atoms with Crippen LogP contribution in [0.15, 0.2) is 65.5 Å². The van der Waals surface area contributed by atoms with Gasteiger partial charge in [0.15, 0.2) is 0 Å². The SMILES string of the molecule is CC(Nc1c(Cl)cnc2ccc(-c3ccc(C(C)(C)O)cc3)cc12)c1ncco1. The largest absolute Gasteiger partial charge is 0.447 e. The Balaban J connectivity index is 1.74. The molecule has 6 heteroatoms. The predicted octanol–water partition coefficient (Wildman–Crippen LogP) is 5.94. The van der Waals surface area contributed by atoms with Gasteiger partial charge >= 0.3 is 0 Å². The number of fused-ring (bicyclic) bond motifs is 1. The Morgan fingerprint density at radius 1 is 1.07 bits per heavy atom. The lowest BCUT2D eigenvalue weighted by Gasteiger charge is -2.18. The molecule has 29 heavy (non-hydrogen) atoms. The van der Waals surface area contributed by atoms with Gasteiger partial charge in [-0.25, -0.2) is 4.98 Å². The smallest absolute Gasteiger partial charge is 0.216 e. The van der Waals surface area contributed by atoms with Crippen LogP contribution in [0.5, 0.6) is 0 Å². The van der Waals surface area contributed by atoms with Crippen molar-refractivity contribution >= 4 is 28.2 Å². The second-order valence-corrected chi connectivity index (χ2v) is 7.99. The van der Waals surface area contributed by atoms with Crippen LogP contribution in [0.25, 0.3) is 22.0 Å². The topological polar surface area (TPSA) is 71.2 Å². The molecule has 148 valence electrons. The number of pyridine rings is 1. The summed E-state index contributed by atoms with van der Waals surface area (Å²) in [4.78, 5) is 8.66. The molecule has 0 fully saturated rings. The number of hydrogen-bond donors (Lipinski definition) is 2. The Bertz CT molecular complexity index is 1130. The lowest BCUT2D eigenvalue weighted by atomic mass is 9.95. The molecule has 2 aromatic heterocycles. The van der Waals surface area contributed by atoms with Crippen LogP contribution in [0.1, 0.15) is 38.3 Å². The summed E-state index contributed by atoms with van der Waals surface area (Å²) in [5.74, 6) is 0.587. The number of aliphatic hydroxyl groups is 1. The van der Waals surface area contributed by atoms with E-state index in [1.54, 1.807) is 32.5 Å². The highest BCUT2D eigenvalue weighted by molar-refractivity contribution is 6.34. The highest BCUT2D eigenvalue weighted by Gasteiger charge is 2.17. The van der Waals surface area contributed by atoms with Crippen LogP contribution in [0.4, 0.5) is 5.69 Å². The van der Waals surface area contributed by atoms with E-state index < -0.39 is 5.60 Å². The van der Waals surface area contributed by atoms with Crippen molar-refractivity contribution in [2.24, 2.45) is 0 Å². The molecule has 4 rings (SSSR count). The minimum atomic E-state index is -0.869. The van der Waals surface area contributed by atoms with Crippen LogP contribution in [0.2, 0.25) is 5.02 Å². The maximum absolute atomic E-state index is 10.2. The van der Waals surface area contributed by atoms with Gasteiger partial charge in [0.25, 0.3) is 0 Å². The first-order chi connectivity index (χ1) is 13.8.